The van der Waals surface area contributed by atoms with Crippen molar-refractivity contribution in [2.24, 2.45) is 0 Å². The Labute approximate surface area is 63.9 Å². The lowest BCUT2D eigenvalue weighted by atomic mass is 10.2. The topological polar surface area (TPSA) is 0 Å². The number of hydrogen-bond donors (Lipinski definition) is 0. The van der Waals surface area contributed by atoms with Crippen LogP contribution in [-0.4, -0.2) is 0 Å². The van der Waals surface area contributed by atoms with Crippen molar-refractivity contribution in [2.45, 2.75) is 0 Å². The lowest BCUT2D eigenvalue weighted by Gasteiger charge is -1.96. The third kappa shape index (κ3) is 1.19. The number of rotatable bonds is 1. The van der Waals surface area contributed by atoms with Gasteiger partial charge in [0.1, 0.15) is 5.82 Å². The largest absolute Gasteiger partial charge is 0.205 e. The smallest absolute Gasteiger partial charge is 0.142 e. The average molecular weight is 157 g/mol. The van der Waals surface area contributed by atoms with Crippen LogP contribution in [0.1, 0.15) is 5.56 Å². The third-order valence-electron chi connectivity index (χ3n) is 1.20. The molecule has 0 heterocycles. The van der Waals surface area contributed by atoms with Crippen molar-refractivity contribution in [3.63, 3.8) is 0 Å². The lowest BCUT2D eigenvalue weighted by Crippen LogP contribution is -1.79. The van der Waals surface area contributed by atoms with E-state index in [1.807, 2.05) is 0 Å². The van der Waals surface area contributed by atoms with E-state index in [0.717, 1.165) is 0 Å². The minimum absolute atomic E-state index is 0.137. The summed E-state index contributed by atoms with van der Waals surface area (Å²) in [5.41, 5.74) is 0.627. The Morgan fingerprint density at radius 1 is 1.50 bits per heavy atom. The van der Waals surface area contributed by atoms with E-state index in [1.165, 1.54) is 12.1 Å². The standard InChI is InChI=1S/C8H6ClF/c1-2-6-4-3-5-7(10)8(6)9/h2-5H,1H2. The number of hydrogen-bond acceptors (Lipinski definition) is 0. The van der Waals surface area contributed by atoms with Gasteiger partial charge in [0.25, 0.3) is 0 Å². The van der Waals surface area contributed by atoms with E-state index < -0.39 is 5.82 Å². The quantitative estimate of drug-likeness (QED) is 0.586. The monoisotopic (exact) mass is 156 g/mol. The van der Waals surface area contributed by atoms with Crippen LogP contribution in [-0.2, 0) is 0 Å². The van der Waals surface area contributed by atoms with Gasteiger partial charge in [0.2, 0.25) is 0 Å². The van der Waals surface area contributed by atoms with Gasteiger partial charge in [-0.25, -0.2) is 4.39 Å². The Bertz CT molecular complexity index is 255. The van der Waals surface area contributed by atoms with E-state index in [9.17, 15) is 4.39 Å². The molecule has 0 saturated heterocycles. The van der Waals surface area contributed by atoms with Crippen LogP contribution in [0.25, 0.3) is 6.08 Å². The minimum atomic E-state index is -0.404. The van der Waals surface area contributed by atoms with Gasteiger partial charge in [0.15, 0.2) is 0 Å². The van der Waals surface area contributed by atoms with E-state index in [4.69, 9.17) is 11.6 Å². The molecule has 0 fully saturated rings. The van der Waals surface area contributed by atoms with Crippen molar-refractivity contribution in [1.29, 1.82) is 0 Å². The van der Waals surface area contributed by atoms with E-state index in [-0.39, 0.29) is 5.02 Å². The highest BCUT2D eigenvalue weighted by Gasteiger charge is 2.00. The van der Waals surface area contributed by atoms with Crippen LogP contribution in [0.5, 0.6) is 0 Å². The molecule has 52 valence electrons. The zero-order chi connectivity index (χ0) is 7.56. The zero-order valence-electron chi connectivity index (χ0n) is 5.27. The van der Waals surface area contributed by atoms with E-state index in [0.29, 0.717) is 5.56 Å². The molecule has 0 amide bonds. The summed E-state index contributed by atoms with van der Waals surface area (Å²) in [6, 6.07) is 4.62. The first-order valence-electron chi connectivity index (χ1n) is 2.82. The Hall–Kier alpha value is -0.820. The van der Waals surface area contributed by atoms with Gasteiger partial charge in [-0.15, -0.1) is 0 Å². The first-order chi connectivity index (χ1) is 4.75. The maximum atomic E-state index is 12.6. The lowest BCUT2D eigenvalue weighted by molar-refractivity contribution is 0.628. The fourth-order valence-corrected chi connectivity index (χ4v) is 0.881. The second kappa shape index (κ2) is 2.84. The van der Waals surface area contributed by atoms with Crippen LogP contribution in [0, 0.1) is 5.82 Å². The Morgan fingerprint density at radius 2 is 2.20 bits per heavy atom. The van der Waals surface area contributed by atoms with Gasteiger partial charge < -0.3 is 0 Å². The fourth-order valence-electron chi connectivity index (χ4n) is 0.678. The normalized spacial score (nSPS) is 9.40. The molecule has 0 aliphatic rings. The van der Waals surface area contributed by atoms with Crippen LogP contribution < -0.4 is 0 Å². The molecule has 1 aromatic carbocycles. The average Bonchev–Trinajstić information content (AvgIpc) is 1.95. The Morgan fingerprint density at radius 3 is 2.70 bits per heavy atom. The summed E-state index contributed by atoms with van der Waals surface area (Å²) in [5, 5.41) is 0.137. The van der Waals surface area contributed by atoms with Crippen molar-refractivity contribution >= 4 is 17.7 Å². The molecule has 0 unspecified atom stereocenters. The van der Waals surface area contributed by atoms with Crippen molar-refractivity contribution in [3.05, 3.63) is 41.2 Å². The third-order valence-corrected chi connectivity index (χ3v) is 1.60. The maximum absolute atomic E-state index is 12.6. The Kier molecular flexibility index (Phi) is 2.07. The van der Waals surface area contributed by atoms with Crippen LogP contribution in [0.2, 0.25) is 5.02 Å². The molecule has 0 aliphatic heterocycles. The highest BCUT2D eigenvalue weighted by atomic mass is 35.5. The van der Waals surface area contributed by atoms with E-state index >= 15 is 0 Å². The second-order valence-electron chi connectivity index (χ2n) is 1.85. The van der Waals surface area contributed by atoms with Gasteiger partial charge in [-0.05, 0) is 11.6 Å². The van der Waals surface area contributed by atoms with Gasteiger partial charge in [-0.2, -0.15) is 0 Å². The molecule has 0 N–H and O–H groups in total. The van der Waals surface area contributed by atoms with Gasteiger partial charge in [0.05, 0.1) is 5.02 Å². The molecular formula is C8H6ClF. The molecular weight excluding hydrogens is 151 g/mol. The first kappa shape index (κ1) is 7.29. The van der Waals surface area contributed by atoms with Gasteiger partial charge in [-0.3, -0.25) is 0 Å². The molecule has 0 aromatic heterocycles. The van der Waals surface area contributed by atoms with Crippen LogP contribution in [0.4, 0.5) is 4.39 Å². The van der Waals surface area contributed by atoms with Crippen molar-refractivity contribution < 1.29 is 4.39 Å². The van der Waals surface area contributed by atoms with Crippen LogP contribution >= 0.6 is 11.6 Å². The second-order valence-corrected chi connectivity index (χ2v) is 2.23. The summed E-state index contributed by atoms with van der Waals surface area (Å²) in [6.45, 7) is 3.48. The molecule has 0 saturated carbocycles. The summed E-state index contributed by atoms with van der Waals surface area (Å²) < 4.78 is 12.6. The first-order valence-corrected chi connectivity index (χ1v) is 3.20. The van der Waals surface area contributed by atoms with Crippen molar-refractivity contribution in [2.75, 3.05) is 0 Å². The number of halogens is 2. The van der Waals surface area contributed by atoms with Gasteiger partial charge in [-0.1, -0.05) is 36.4 Å². The summed E-state index contributed by atoms with van der Waals surface area (Å²) >= 11 is 5.55. The van der Waals surface area contributed by atoms with Crippen molar-refractivity contribution in [3.8, 4) is 0 Å². The SMILES string of the molecule is C=Cc1cccc(F)c1Cl. The maximum Gasteiger partial charge on any atom is 0.142 e. The molecule has 2 heteroatoms. The molecule has 0 atom stereocenters. The van der Waals surface area contributed by atoms with Gasteiger partial charge in [0, 0.05) is 0 Å². The van der Waals surface area contributed by atoms with E-state index in [1.54, 1.807) is 12.1 Å². The molecule has 0 spiro atoms. The fraction of sp³-hybridized carbons (Fsp3) is 0. The summed E-state index contributed by atoms with van der Waals surface area (Å²) in [7, 11) is 0. The molecule has 10 heavy (non-hydrogen) atoms. The van der Waals surface area contributed by atoms with Crippen LogP contribution in [0.3, 0.4) is 0 Å². The molecule has 0 radical (unpaired) electrons. The molecule has 1 rings (SSSR count). The van der Waals surface area contributed by atoms with E-state index in [2.05, 4.69) is 6.58 Å². The number of benzene rings is 1. The highest BCUT2D eigenvalue weighted by molar-refractivity contribution is 6.32. The molecule has 0 aliphatic carbocycles. The summed E-state index contributed by atoms with van der Waals surface area (Å²) in [6.07, 6.45) is 1.52. The molecule has 0 nitrogen and oxygen atoms in total. The molecule has 0 bridgehead atoms. The molecule has 1 aromatic rings. The zero-order valence-corrected chi connectivity index (χ0v) is 6.03. The van der Waals surface area contributed by atoms with Crippen molar-refractivity contribution in [1.82, 2.24) is 0 Å². The summed E-state index contributed by atoms with van der Waals surface area (Å²) in [5.74, 6) is -0.404. The predicted octanol–water partition coefficient (Wildman–Crippen LogP) is 3.12. The minimum Gasteiger partial charge on any atom is -0.205 e. The van der Waals surface area contributed by atoms with Gasteiger partial charge >= 0.3 is 0 Å². The predicted molar refractivity (Wildman–Crippen MR) is 41.5 cm³/mol. The highest BCUT2D eigenvalue weighted by Crippen LogP contribution is 2.19. The van der Waals surface area contributed by atoms with Crippen LogP contribution in [0.15, 0.2) is 24.8 Å². The Balaban J connectivity index is 3.27. The summed E-state index contributed by atoms with van der Waals surface area (Å²) in [4.78, 5) is 0.